The van der Waals surface area contributed by atoms with Crippen molar-refractivity contribution in [3.63, 3.8) is 0 Å². The van der Waals surface area contributed by atoms with E-state index in [1.807, 2.05) is 30.3 Å². The number of para-hydroxylation sites is 1. The molecule has 0 aromatic heterocycles. The third kappa shape index (κ3) is 5.10. The van der Waals surface area contributed by atoms with Gasteiger partial charge in [-0.25, -0.2) is 4.79 Å². The molecule has 2 aromatic rings. The van der Waals surface area contributed by atoms with Crippen LogP contribution < -0.4 is 14.8 Å². The lowest BCUT2D eigenvalue weighted by Gasteiger charge is -2.11. The number of phenols is 1. The molecular weight excluding hydrogens is 298 g/mol. The number of rotatable bonds is 7. The molecule has 0 fully saturated rings. The van der Waals surface area contributed by atoms with Crippen molar-refractivity contribution in [2.24, 2.45) is 0 Å². The van der Waals surface area contributed by atoms with Crippen LogP contribution in [0.4, 0.5) is 4.79 Å². The quantitative estimate of drug-likeness (QED) is 0.768. The van der Waals surface area contributed by atoms with Gasteiger partial charge in [0.2, 0.25) is 5.75 Å². The average Bonchev–Trinajstić information content (AvgIpc) is 2.59. The summed E-state index contributed by atoms with van der Waals surface area (Å²) < 4.78 is 15.4. The molecule has 6 nitrogen and oxygen atoms in total. The molecule has 0 aliphatic carbocycles. The molecule has 2 aromatic carbocycles. The van der Waals surface area contributed by atoms with Crippen LogP contribution in [0.3, 0.4) is 0 Å². The first kappa shape index (κ1) is 16.5. The maximum absolute atomic E-state index is 11.5. The lowest BCUT2D eigenvalue weighted by molar-refractivity contribution is 0.137. The minimum absolute atomic E-state index is 0.0679. The predicted molar refractivity (Wildman–Crippen MR) is 84.8 cm³/mol. The third-order valence-corrected chi connectivity index (χ3v) is 3.02. The van der Waals surface area contributed by atoms with E-state index in [1.165, 1.54) is 7.11 Å². The first-order chi connectivity index (χ1) is 11.2. The normalized spacial score (nSPS) is 9.96. The van der Waals surface area contributed by atoms with Crippen molar-refractivity contribution in [2.45, 2.75) is 6.61 Å². The first-order valence-electron chi connectivity index (χ1n) is 7.14. The molecule has 0 saturated carbocycles. The molecule has 23 heavy (non-hydrogen) atoms. The highest BCUT2D eigenvalue weighted by molar-refractivity contribution is 5.67. The summed E-state index contributed by atoms with van der Waals surface area (Å²) in [5, 5.41) is 12.4. The summed E-state index contributed by atoms with van der Waals surface area (Å²) in [4.78, 5) is 11.5. The minimum atomic E-state index is -0.521. The second-order valence-electron chi connectivity index (χ2n) is 4.64. The van der Waals surface area contributed by atoms with Crippen molar-refractivity contribution < 1.29 is 24.1 Å². The highest BCUT2D eigenvalue weighted by Gasteiger charge is 2.08. The molecule has 2 N–H and O–H groups in total. The molecule has 122 valence electrons. The van der Waals surface area contributed by atoms with E-state index in [9.17, 15) is 9.90 Å². The Morgan fingerprint density at radius 2 is 1.83 bits per heavy atom. The molecule has 0 atom stereocenters. The van der Waals surface area contributed by atoms with Crippen molar-refractivity contribution in [1.29, 1.82) is 0 Å². The van der Waals surface area contributed by atoms with Crippen molar-refractivity contribution in [1.82, 2.24) is 5.32 Å². The second-order valence-corrected chi connectivity index (χ2v) is 4.64. The number of phenolic OH excluding ortho intramolecular Hbond substituents is 1. The van der Waals surface area contributed by atoms with E-state index in [0.717, 1.165) is 5.56 Å². The molecule has 0 aliphatic rings. The number of carbonyl (C=O) groups is 1. The predicted octanol–water partition coefficient (Wildman–Crippen LogP) is 2.71. The Labute approximate surface area is 134 Å². The van der Waals surface area contributed by atoms with Crippen molar-refractivity contribution in [3.05, 3.63) is 54.1 Å². The SMILES string of the molecule is COc1cccc(OCCNC(=O)OCc2ccccc2)c1O. The fourth-order valence-corrected chi connectivity index (χ4v) is 1.87. The van der Waals surface area contributed by atoms with E-state index in [1.54, 1.807) is 18.2 Å². The van der Waals surface area contributed by atoms with Gasteiger partial charge in [-0.1, -0.05) is 36.4 Å². The number of alkyl carbamates (subject to hydrolysis) is 1. The molecule has 0 spiro atoms. The molecule has 0 heterocycles. The zero-order chi connectivity index (χ0) is 16.5. The van der Waals surface area contributed by atoms with Crippen LogP contribution in [0.15, 0.2) is 48.5 Å². The van der Waals surface area contributed by atoms with Crippen LogP contribution >= 0.6 is 0 Å². The topological polar surface area (TPSA) is 77.0 Å². The largest absolute Gasteiger partial charge is 0.502 e. The lowest BCUT2D eigenvalue weighted by atomic mass is 10.2. The Kier molecular flexibility index (Phi) is 6.11. The second kappa shape index (κ2) is 8.53. The van der Waals surface area contributed by atoms with Crippen LogP contribution in [0, 0.1) is 0 Å². The van der Waals surface area contributed by atoms with Crippen molar-refractivity contribution in [2.75, 3.05) is 20.3 Å². The van der Waals surface area contributed by atoms with E-state index < -0.39 is 6.09 Å². The van der Waals surface area contributed by atoms with Crippen LogP contribution in [0.1, 0.15) is 5.56 Å². The standard InChI is InChI=1S/C17H19NO5/c1-21-14-8-5-9-15(16(14)19)22-11-10-18-17(20)23-12-13-6-3-2-4-7-13/h2-9,19H,10-12H2,1H3,(H,18,20). The van der Waals surface area contributed by atoms with Crippen LogP contribution in [-0.4, -0.2) is 31.5 Å². The van der Waals surface area contributed by atoms with E-state index in [-0.39, 0.29) is 25.5 Å². The fraction of sp³-hybridized carbons (Fsp3) is 0.235. The van der Waals surface area contributed by atoms with Gasteiger partial charge in [-0.3, -0.25) is 0 Å². The maximum atomic E-state index is 11.5. The molecule has 0 saturated heterocycles. The summed E-state index contributed by atoms with van der Waals surface area (Å²) in [5.74, 6) is 0.559. The van der Waals surface area contributed by atoms with Gasteiger partial charge in [-0.2, -0.15) is 0 Å². The molecule has 6 heteroatoms. The van der Waals surface area contributed by atoms with Crippen molar-refractivity contribution in [3.8, 4) is 17.2 Å². The molecule has 2 rings (SSSR count). The molecule has 1 amide bonds. The minimum Gasteiger partial charge on any atom is -0.502 e. The highest BCUT2D eigenvalue weighted by atomic mass is 16.5. The fourth-order valence-electron chi connectivity index (χ4n) is 1.87. The van der Waals surface area contributed by atoms with E-state index in [0.29, 0.717) is 11.5 Å². The van der Waals surface area contributed by atoms with Gasteiger partial charge in [0.15, 0.2) is 11.5 Å². The van der Waals surface area contributed by atoms with Gasteiger partial charge in [0, 0.05) is 0 Å². The zero-order valence-corrected chi connectivity index (χ0v) is 12.8. The Hall–Kier alpha value is -2.89. The number of amides is 1. The van der Waals surface area contributed by atoms with E-state index in [2.05, 4.69) is 5.32 Å². The van der Waals surface area contributed by atoms with Gasteiger partial charge in [0.1, 0.15) is 13.2 Å². The Bertz CT molecular complexity index is 630. The number of nitrogens with one attached hydrogen (secondary N) is 1. The maximum Gasteiger partial charge on any atom is 0.407 e. The number of carbonyl (C=O) groups excluding carboxylic acids is 1. The number of methoxy groups -OCH3 is 1. The highest BCUT2D eigenvalue weighted by Crippen LogP contribution is 2.35. The number of benzene rings is 2. The van der Waals surface area contributed by atoms with Gasteiger partial charge < -0.3 is 24.6 Å². The molecule has 0 bridgehead atoms. The summed E-state index contributed by atoms with van der Waals surface area (Å²) in [6, 6.07) is 14.4. The monoisotopic (exact) mass is 317 g/mol. The van der Waals surface area contributed by atoms with Crippen LogP contribution in [0.5, 0.6) is 17.2 Å². The Balaban J connectivity index is 1.68. The summed E-state index contributed by atoms with van der Waals surface area (Å²) in [5.41, 5.74) is 0.917. The van der Waals surface area contributed by atoms with Gasteiger partial charge in [0.25, 0.3) is 0 Å². The van der Waals surface area contributed by atoms with Crippen LogP contribution in [0.2, 0.25) is 0 Å². The van der Waals surface area contributed by atoms with Gasteiger partial charge >= 0.3 is 6.09 Å². The smallest absolute Gasteiger partial charge is 0.407 e. The number of ether oxygens (including phenoxy) is 3. The average molecular weight is 317 g/mol. The Morgan fingerprint density at radius 1 is 1.09 bits per heavy atom. The number of hydrogen-bond acceptors (Lipinski definition) is 5. The van der Waals surface area contributed by atoms with Gasteiger partial charge in [0.05, 0.1) is 13.7 Å². The van der Waals surface area contributed by atoms with Gasteiger partial charge in [-0.15, -0.1) is 0 Å². The molecule has 0 radical (unpaired) electrons. The van der Waals surface area contributed by atoms with Crippen LogP contribution in [-0.2, 0) is 11.3 Å². The molecule has 0 aliphatic heterocycles. The van der Waals surface area contributed by atoms with E-state index >= 15 is 0 Å². The summed E-state index contributed by atoms with van der Waals surface area (Å²) in [7, 11) is 1.46. The lowest BCUT2D eigenvalue weighted by Crippen LogP contribution is -2.28. The third-order valence-electron chi connectivity index (χ3n) is 3.02. The summed E-state index contributed by atoms with van der Waals surface area (Å²) in [6.45, 7) is 0.662. The summed E-state index contributed by atoms with van der Waals surface area (Å²) in [6.07, 6.45) is -0.521. The zero-order valence-electron chi connectivity index (χ0n) is 12.8. The van der Waals surface area contributed by atoms with Crippen molar-refractivity contribution >= 4 is 6.09 Å². The first-order valence-corrected chi connectivity index (χ1v) is 7.14. The molecule has 0 unspecified atom stereocenters. The summed E-state index contributed by atoms with van der Waals surface area (Å²) >= 11 is 0. The number of aromatic hydroxyl groups is 1. The number of hydrogen-bond donors (Lipinski definition) is 2. The molecular formula is C17H19NO5. The van der Waals surface area contributed by atoms with Gasteiger partial charge in [-0.05, 0) is 17.7 Å². The van der Waals surface area contributed by atoms with E-state index in [4.69, 9.17) is 14.2 Å². The Morgan fingerprint density at radius 3 is 2.57 bits per heavy atom. The van der Waals surface area contributed by atoms with Crippen LogP contribution in [0.25, 0.3) is 0 Å².